The summed E-state index contributed by atoms with van der Waals surface area (Å²) in [6, 6.07) is 5.33. The van der Waals surface area contributed by atoms with E-state index in [2.05, 4.69) is 9.97 Å². The molecule has 0 aliphatic rings. The lowest BCUT2D eigenvalue weighted by Gasteiger charge is -1.94. The second-order valence-corrected chi connectivity index (χ2v) is 2.69. The molecular weight excluding hydrogens is 182 g/mol. The molecule has 0 bridgehead atoms. The summed E-state index contributed by atoms with van der Waals surface area (Å²) < 4.78 is 1.50. The van der Waals surface area contributed by atoms with Gasteiger partial charge in [-0.25, -0.2) is 0 Å². The number of rotatable bonds is 1. The van der Waals surface area contributed by atoms with Crippen LogP contribution in [0.15, 0.2) is 41.7 Å². The number of aromatic amines is 1. The van der Waals surface area contributed by atoms with Gasteiger partial charge in [-0.2, -0.15) is 9.55 Å². The van der Waals surface area contributed by atoms with Crippen molar-refractivity contribution in [2.75, 3.05) is 0 Å². The Morgan fingerprint density at radius 1 is 1.29 bits per heavy atom. The molecule has 2 rings (SSSR count). The monoisotopic (exact) mass is 190 g/mol. The highest BCUT2D eigenvalue weighted by molar-refractivity contribution is 5.28. The van der Waals surface area contributed by atoms with Crippen molar-refractivity contribution >= 4 is 0 Å². The fourth-order valence-corrected chi connectivity index (χ4v) is 1.16. The van der Waals surface area contributed by atoms with Gasteiger partial charge >= 0.3 is 11.2 Å². The maximum Gasteiger partial charge on any atom is 0.338 e. The van der Waals surface area contributed by atoms with Crippen LogP contribution in [0.4, 0.5) is 0 Å². The third kappa shape index (κ3) is 1.35. The van der Waals surface area contributed by atoms with Gasteiger partial charge in [0.05, 0.1) is 6.33 Å². The first kappa shape index (κ1) is 8.43. The summed E-state index contributed by atoms with van der Waals surface area (Å²) in [5, 5.41) is 9.39. The van der Waals surface area contributed by atoms with Crippen molar-refractivity contribution in [3.8, 4) is 11.6 Å². The Morgan fingerprint density at radius 2 is 2.00 bits per heavy atom. The average molecular weight is 190 g/mol. The molecule has 0 saturated carbocycles. The molecular formula is C9H8N3O2+. The van der Waals surface area contributed by atoms with E-state index >= 15 is 0 Å². The summed E-state index contributed by atoms with van der Waals surface area (Å²) in [6.07, 6.45) is 4.47. The number of nitrogens with zero attached hydrogens (tertiary/aromatic N) is 2. The molecule has 2 N–H and O–H groups in total. The normalized spacial score (nSPS) is 10.0. The number of nitrogens with one attached hydrogen (secondary N) is 1. The predicted octanol–water partition coefficient (Wildman–Crippen LogP) is -0.248. The van der Waals surface area contributed by atoms with Crippen LogP contribution in [0.1, 0.15) is 0 Å². The Labute approximate surface area is 79.3 Å². The van der Waals surface area contributed by atoms with Crippen molar-refractivity contribution in [2.24, 2.45) is 0 Å². The molecule has 0 amide bonds. The molecule has 0 fully saturated rings. The zero-order valence-electron chi connectivity index (χ0n) is 7.21. The lowest BCUT2D eigenvalue weighted by atomic mass is 10.4. The number of H-pyrrole nitrogens is 1. The fourth-order valence-electron chi connectivity index (χ4n) is 1.16. The third-order valence-electron chi connectivity index (χ3n) is 1.78. The highest BCUT2D eigenvalue weighted by atomic mass is 16.3. The Balaban J connectivity index is 2.69. The van der Waals surface area contributed by atoms with Crippen LogP contribution in [0.5, 0.6) is 5.88 Å². The highest BCUT2D eigenvalue weighted by Gasteiger charge is 2.17. The van der Waals surface area contributed by atoms with Crippen molar-refractivity contribution in [2.45, 2.75) is 0 Å². The predicted molar refractivity (Wildman–Crippen MR) is 48.1 cm³/mol. The SMILES string of the molecule is O=c1[nH]cnc(O)c1-[n+]1ccccc1. The molecule has 2 heterocycles. The first-order chi connectivity index (χ1) is 6.79. The summed E-state index contributed by atoms with van der Waals surface area (Å²) >= 11 is 0. The second-order valence-electron chi connectivity index (χ2n) is 2.69. The molecule has 0 atom stereocenters. The van der Waals surface area contributed by atoms with E-state index in [4.69, 9.17) is 0 Å². The molecule has 14 heavy (non-hydrogen) atoms. The van der Waals surface area contributed by atoms with E-state index in [-0.39, 0.29) is 17.1 Å². The van der Waals surface area contributed by atoms with Crippen LogP contribution >= 0.6 is 0 Å². The van der Waals surface area contributed by atoms with E-state index in [1.165, 1.54) is 4.57 Å². The number of aromatic nitrogens is 3. The van der Waals surface area contributed by atoms with Gasteiger partial charge in [0.15, 0.2) is 12.4 Å². The minimum absolute atomic E-state index is 0.119. The van der Waals surface area contributed by atoms with Crippen LogP contribution < -0.4 is 10.1 Å². The fraction of sp³-hybridized carbons (Fsp3) is 0. The van der Waals surface area contributed by atoms with Crippen molar-refractivity contribution in [3.63, 3.8) is 0 Å². The third-order valence-corrected chi connectivity index (χ3v) is 1.78. The second kappa shape index (κ2) is 3.29. The van der Waals surface area contributed by atoms with Crippen LogP contribution in [-0.2, 0) is 0 Å². The average Bonchev–Trinajstić information content (AvgIpc) is 2.19. The Kier molecular flexibility index (Phi) is 1.98. The Bertz CT molecular complexity index is 493. The quantitative estimate of drug-likeness (QED) is 0.609. The summed E-state index contributed by atoms with van der Waals surface area (Å²) in [5.74, 6) is -0.287. The van der Waals surface area contributed by atoms with Gasteiger partial charge in [-0.05, 0) is 0 Å². The molecule has 70 valence electrons. The molecule has 0 aliphatic heterocycles. The molecule has 0 unspecified atom stereocenters. The molecule has 5 heteroatoms. The standard InChI is InChI=1S/C9H7N3O2/c13-8-7(9(14)11-6-10-8)12-4-2-1-3-5-12/h1-6H,(H-,10,11,13,14)/p+1. The van der Waals surface area contributed by atoms with Crippen LogP contribution in [0.3, 0.4) is 0 Å². The number of aromatic hydroxyl groups is 1. The van der Waals surface area contributed by atoms with Crippen molar-refractivity contribution in [1.29, 1.82) is 0 Å². The van der Waals surface area contributed by atoms with Gasteiger partial charge in [0.1, 0.15) is 0 Å². The van der Waals surface area contributed by atoms with Crippen molar-refractivity contribution < 1.29 is 9.67 Å². The van der Waals surface area contributed by atoms with Crippen LogP contribution in [0, 0.1) is 0 Å². The van der Waals surface area contributed by atoms with Crippen molar-refractivity contribution in [1.82, 2.24) is 9.97 Å². The van der Waals surface area contributed by atoms with E-state index in [9.17, 15) is 9.90 Å². The zero-order chi connectivity index (χ0) is 9.97. The molecule has 0 aliphatic carbocycles. The van der Waals surface area contributed by atoms with Gasteiger partial charge in [-0.1, -0.05) is 6.07 Å². The zero-order valence-corrected chi connectivity index (χ0v) is 7.21. The summed E-state index contributed by atoms with van der Waals surface area (Å²) in [6.45, 7) is 0. The topological polar surface area (TPSA) is 69.9 Å². The number of pyridine rings is 1. The molecule has 2 aromatic heterocycles. The lowest BCUT2D eigenvalue weighted by Crippen LogP contribution is -2.36. The van der Waals surface area contributed by atoms with E-state index in [0.29, 0.717) is 0 Å². The highest BCUT2D eigenvalue weighted by Crippen LogP contribution is 2.04. The molecule has 0 aromatic carbocycles. The Morgan fingerprint density at radius 3 is 2.64 bits per heavy atom. The number of hydrogen-bond acceptors (Lipinski definition) is 3. The summed E-state index contributed by atoms with van der Waals surface area (Å²) in [4.78, 5) is 17.4. The van der Waals surface area contributed by atoms with Gasteiger partial charge in [0.2, 0.25) is 0 Å². The van der Waals surface area contributed by atoms with Gasteiger partial charge in [0.25, 0.3) is 5.88 Å². The molecule has 0 spiro atoms. The molecule has 5 nitrogen and oxygen atoms in total. The lowest BCUT2D eigenvalue weighted by molar-refractivity contribution is -0.597. The molecule has 0 radical (unpaired) electrons. The molecule has 0 saturated heterocycles. The van der Waals surface area contributed by atoms with Crippen LogP contribution in [-0.4, -0.2) is 15.1 Å². The first-order valence-corrected chi connectivity index (χ1v) is 4.02. The minimum Gasteiger partial charge on any atom is -0.488 e. The molecule has 2 aromatic rings. The number of hydrogen-bond donors (Lipinski definition) is 2. The van der Waals surface area contributed by atoms with E-state index < -0.39 is 0 Å². The smallest absolute Gasteiger partial charge is 0.338 e. The van der Waals surface area contributed by atoms with E-state index in [0.717, 1.165) is 6.33 Å². The van der Waals surface area contributed by atoms with Gasteiger partial charge in [0, 0.05) is 12.1 Å². The van der Waals surface area contributed by atoms with E-state index in [1.807, 2.05) is 6.07 Å². The van der Waals surface area contributed by atoms with Crippen molar-refractivity contribution in [3.05, 3.63) is 47.3 Å². The summed E-state index contributed by atoms with van der Waals surface area (Å²) in [7, 11) is 0. The Hall–Kier alpha value is -2.17. The van der Waals surface area contributed by atoms with E-state index in [1.54, 1.807) is 24.5 Å². The van der Waals surface area contributed by atoms with Crippen LogP contribution in [0.2, 0.25) is 0 Å². The maximum absolute atomic E-state index is 11.4. The summed E-state index contributed by atoms with van der Waals surface area (Å²) in [5.41, 5.74) is -0.262. The van der Waals surface area contributed by atoms with Gasteiger partial charge in [-0.15, -0.1) is 0 Å². The van der Waals surface area contributed by atoms with Crippen LogP contribution in [0.25, 0.3) is 5.69 Å². The van der Waals surface area contributed by atoms with Gasteiger partial charge < -0.3 is 10.1 Å². The largest absolute Gasteiger partial charge is 0.488 e. The van der Waals surface area contributed by atoms with Gasteiger partial charge in [-0.3, -0.25) is 4.79 Å². The first-order valence-electron chi connectivity index (χ1n) is 4.02. The maximum atomic E-state index is 11.4. The minimum atomic E-state index is -0.381.